The molecule has 0 aliphatic rings. The Morgan fingerprint density at radius 2 is 1.90 bits per heavy atom. The SMILES string of the molecule is O=[N+]([O-])c1ccc2nc(Sc3ccccc3O)ccc2c1. The topological polar surface area (TPSA) is 76.3 Å². The normalized spacial score (nSPS) is 10.7. The van der Waals surface area contributed by atoms with E-state index in [0.717, 1.165) is 5.03 Å². The zero-order valence-electron chi connectivity index (χ0n) is 10.8. The number of aromatic hydroxyl groups is 1. The number of nitrogens with zero attached hydrogens (tertiary/aromatic N) is 2. The summed E-state index contributed by atoms with van der Waals surface area (Å²) in [5.74, 6) is 0.202. The summed E-state index contributed by atoms with van der Waals surface area (Å²) in [5.41, 5.74) is 0.728. The van der Waals surface area contributed by atoms with Crippen molar-refractivity contribution in [1.82, 2.24) is 4.98 Å². The molecule has 0 atom stereocenters. The van der Waals surface area contributed by atoms with E-state index in [-0.39, 0.29) is 11.4 Å². The van der Waals surface area contributed by atoms with Gasteiger partial charge in [0.25, 0.3) is 5.69 Å². The van der Waals surface area contributed by atoms with Gasteiger partial charge in [0.2, 0.25) is 0 Å². The molecule has 21 heavy (non-hydrogen) atoms. The van der Waals surface area contributed by atoms with E-state index in [1.54, 1.807) is 30.3 Å². The Labute approximate surface area is 124 Å². The first-order chi connectivity index (χ1) is 10.1. The highest BCUT2D eigenvalue weighted by atomic mass is 32.2. The Morgan fingerprint density at radius 1 is 1.10 bits per heavy atom. The number of pyridine rings is 1. The van der Waals surface area contributed by atoms with Crippen molar-refractivity contribution in [2.45, 2.75) is 9.92 Å². The fraction of sp³-hybridized carbons (Fsp3) is 0. The van der Waals surface area contributed by atoms with Gasteiger partial charge in [-0.1, -0.05) is 23.9 Å². The minimum Gasteiger partial charge on any atom is -0.507 e. The van der Waals surface area contributed by atoms with Gasteiger partial charge in [0, 0.05) is 17.5 Å². The maximum absolute atomic E-state index is 10.7. The predicted octanol–water partition coefficient (Wildman–Crippen LogP) is 4.00. The maximum Gasteiger partial charge on any atom is 0.270 e. The minimum atomic E-state index is -0.426. The number of aromatic nitrogens is 1. The number of non-ortho nitro benzene ring substituents is 1. The van der Waals surface area contributed by atoms with Crippen molar-refractivity contribution in [3.63, 3.8) is 0 Å². The molecule has 1 heterocycles. The average molecular weight is 298 g/mol. The third-order valence-electron chi connectivity index (χ3n) is 2.94. The molecule has 0 saturated carbocycles. The van der Waals surface area contributed by atoms with Crippen LogP contribution in [-0.2, 0) is 0 Å². The van der Waals surface area contributed by atoms with Crippen LogP contribution in [0.25, 0.3) is 10.9 Å². The molecule has 0 fully saturated rings. The number of hydrogen-bond donors (Lipinski definition) is 1. The molecular weight excluding hydrogens is 288 g/mol. The number of para-hydroxylation sites is 1. The Morgan fingerprint density at radius 3 is 2.67 bits per heavy atom. The molecule has 0 bridgehead atoms. The summed E-state index contributed by atoms with van der Waals surface area (Å²) in [5, 5.41) is 21.9. The fourth-order valence-electron chi connectivity index (χ4n) is 1.92. The maximum atomic E-state index is 10.7. The predicted molar refractivity (Wildman–Crippen MR) is 80.6 cm³/mol. The summed E-state index contributed by atoms with van der Waals surface area (Å²) in [6, 6.07) is 15.1. The highest BCUT2D eigenvalue weighted by Gasteiger charge is 2.08. The van der Waals surface area contributed by atoms with Crippen molar-refractivity contribution in [3.8, 4) is 5.75 Å². The van der Waals surface area contributed by atoms with Crippen LogP contribution in [0.1, 0.15) is 0 Å². The van der Waals surface area contributed by atoms with Crippen LogP contribution >= 0.6 is 11.8 Å². The fourth-order valence-corrected chi connectivity index (χ4v) is 2.75. The van der Waals surface area contributed by atoms with E-state index in [1.807, 2.05) is 12.1 Å². The first-order valence-electron chi connectivity index (χ1n) is 6.14. The van der Waals surface area contributed by atoms with Crippen molar-refractivity contribution in [1.29, 1.82) is 0 Å². The standard InChI is InChI=1S/C15H10N2O3S/c18-13-3-1-2-4-14(13)21-15-8-5-10-9-11(17(19)20)6-7-12(10)16-15/h1-9,18H. The van der Waals surface area contributed by atoms with Gasteiger partial charge in [-0.2, -0.15) is 0 Å². The van der Waals surface area contributed by atoms with Gasteiger partial charge in [-0.3, -0.25) is 10.1 Å². The molecule has 0 unspecified atom stereocenters. The minimum absolute atomic E-state index is 0.0467. The van der Waals surface area contributed by atoms with Crippen molar-refractivity contribution in [2.75, 3.05) is 0 Å². The van der Waals surface area contributed by atoms with Crippen molar-refractivity contribution >= 4 is 28.4 Å². The largest absolute Gasteiger partial charge is 0.507 e. The van der Waals surface area contributed by atoms with E-state index in [4.69, 9.17) is 0 Å². The molecule has 1 N–H and O–H groups in total. The first-order valence-corrected chi connectivity index (χ1v) is 6.96. The summed E-state index contributed by atoms with van der Waals surface area (Å²) in [4.78, 5) is 15.5. The smallest absolute Gasteiger partial charge is 0.270 e. The highest BCUT2D eigenvalue weighted by molar-refractivity contribution is 7.99. The van der Waals surface area contributed by atoms with Gasteiger partial charge >= 0.3 is 0 Å². The summed E-state index contributed by atoms with van der Waals surface area (Å²) in [6.07, 6.45) is 0. The van der Waals surface area contributed by atoms with Crippen molar-refractivity contribution in [2.24, 2.45) is 0 Å². The summed E-state index contributed by atoms with van der Waals surface area (Å²) in [6.45, 7) is 0. The molecule has 0 amide bonds. The molecule has 2 aromatic carbocycles. The Hall–Kier alpha value is -2.60. The van der Waals surface area contributed by atoms with E-state index in [0.29, 0.717) is 15.8 Å². The highest BCUT2D eigenvalue weighted by Crippen LogP contribution is 2.33. The van der Waals surface area contributed by atoms with Crippen molar-refractivity contribution < 1.29 is 10.0 Å². The number of rotatable bonds is 3. The lowest BCUT2D eigenvalue weighted by atomic mass is 10.2. The van der Waals surface area contributed by atoms with Gasteiger partial charge in [0.15, 0.2) is 0 Å². The number of hydrogen-bond acceptors (Lipinski definition) is 5. The summed E-state index contributed by atoms with van der Waals surface area (Å²) >= 11 is 1.34. The van der Waals surface area contributed by atoms with Gasteiger partial charge in [-0.25, -0.2) is 4.98 Å². The lowest BCUT2D eigenvalue weighted by molar-refractivity contribution is -0.384. The molecule has 3 rings (SSSR count). The van der Waals surface area contributed by atoms with Crippen LogP contribution in [0.15, 0.2) is 64.5 Å². The van der Waals surface area contributed by atoms with Crippen LogP contribution < -0.4 is 0 Å². The van der Waals surface area contributed by atoms with E-state index in [1.165, 1.54) is 23.9 Å². The third kappa shape index (κ3) is 2.80. The van der Waals surface area contributed by atoms with Crippen LogP contribution in [-0.4, -0.2) is 15.0 Å². The van der Waals surface area contributed by atoms with E-state index in [9.17, 15) is 15.2 Å². The monoisotopic (exact) mass is 298 g/mol. The summed E-state index contributed by atoms with van der Waals surface area (Å²) < 4.78 is 0. The zero-order chi connectivity index (χ0) is 14.8. The molecule has 104 valence electrons. The molecule has 0 radical (unpaired) electrons. The Balaban J connectivity index is 1.96. The number of fused-ring (bicyclic) bond motifs is 1. The molecule has 0 saturated heterocycles. The molecule has 5 nitrogen and oxygen atoms in total. The van der Waals surface area contributed by atoms with Gasteiger partial charge in [0.05, 0.1) is 15.3 Å². The van der Waals surface area contributed by atoms with Crippen LogP contribution in [0, 0.1) is 10.1 Å². The quantitative estimate of drug-likeness (QED) is 0.584. The molecule has 1 aromatic heterocycles. The van der Waals surface area contributed by atoms with E-state index < -0.39 is 4.92 Å². The second-order valence-corrected chi connectivity index (χ2v) is 5.42. The Kier molecular flexibility index (Phi) is 3.45. The van der Waals surface area contributed by atoms with Gasteiger partial charge in [-0.15, -0.1) is 0 Å². The zero-order valence-corrected chi connectivity index (χ0v) is 11.6. The lowest BCUT2D eigenvalue weighted by Gasteiger charge is -2.04. The van der Waals surface area contributed by atoms with Crippen LogP contribution in [0.4, 0.5) is 5.69 Å². The van der Waals surface area contributed by atoms with E-state index in [2.05, 4.69) is 4.98 Å². The second kappa shape index (κ2) is 5.41. The number of phenols is 1. The number of nitro benzene ring substituents is 1. The van der Waals surface area contributed by atoms with Crippen LogP contribution in [0.2, 0.25) is 0 Å². The van der Waals surface area contributed by atoms with Crippen LogP contribution in [0.5, 0.6) is 5.75 Å². The number of benzene rings is 2. The van der Waals surface area contributed by atoms with Gasteiger partial charge in [0.1, 0.15) is 10.8 Å². The summed E-state index contributed by atoms with van der Waals surface area (Å²) in [7, 11) is 0. The third-order valence-corrected chi connectivity index (χ3v) is 3.94. The lowest BCUT2D eigenvalue weighted by Crippen LogP contribution is -1.89. The molecular formula is C15H10N2O3S. The molecule has 0 aliphatic heterocycles. The average Bonchev–Trinajstić information content (AvgIpc) is 2.49. The molecule has 0 spiro atoms. The second-order valence-electron chi connectivity index (χ2n) is 4.35. The van der Waals surface area contributed by atoms with E-state index >= 15 is 0 Å². The number of nitro groups is 1. The van der Waals surface area contributed by atoms with Crippen LogP contribution in [0.3, 0.4) is 0 Å². The number of phenolic OH excluding ortho intramolecular Hbond substituents is 1. The van der Waals surface area contributed by atoms with Gasteiger partial charge in [-0.05, 0) is 30.3 Å². The molecule has 0 aliphatic carbocycles. The first kappa shape index (κ1) is 13.4. The van der Waals surface area contributed by atoms with Crippen molar-refractivity contribution in [3.05, 3.63) is 64.7 Å². The van der Waals surface area contributed by atoms with Gasteiger partial charge < -0.3 is 5.11 Å². The molecule has 6 heteroatoms. The Bertz CT molecular complexity index is 836. The molecule has 3 aromatic rings.